The van der Waals surface area contributed by atoms with Crippen molar-refractivity contribution in [3.05, 3.63) is 55.4 Å². The summed E-state index contributed by atoms with van der Waals surface area (Å²) in [6.07, 6.45) is 0. The molecule has 1 N–H and O–H groups in total. The third-order valence-electron chi connectivity index (χ3n) is 4.95. The second-order valence-electron chi connectivity index (χ2n) is 8.56. The lowest BCUT2D eigenvalue weighted by Crippen LogP contribution is -2.38. The third-order valence-corrected chi connectivity index (χ3v) is 6.35. The average molecular weight is 487 g/mol. The van der Waals surface area contributed by atoms with Crippen LogP contribution in [0.25, 0.3) is 11.0 Å². The molecule has 1 unspecified atom stereocenters. The summed E-state index contributed by atoms with van der Waals surface area (Å²) in [7, 11) is 2.93. The van der Waals surface area contributed by atoms with Crippen LogP contribution in [0.4, 0.5) is 5.69 Å². The molecule has 0 aliphatic heterocycles. The van der Waals surface area contributed by atoms with Crippen molar-refractivity contribution in [3.63, 3.8) is 0 Å². The number of nitriles is 1. The molecule has 11 heteroatoms. The maximum absolute atomic E-state index is 12.9. The van der Waals surface area contributed by atoms with Crippen molar-refractivity contribution in [2.45, 2.75) is 43.4 Å². The third kappa shape index (κ3) is 4.79. The molecule has 0 aliphatic rings. The fourth-order valence-electron chi connectivity index (χ4n) is 3.00. The summed E-state index contributed by atoms with van der Waals surface area (Å²) in [5.41, 5.74) is -0.505. The Labute approximate surface area is 199 Å². The standard InChI is InChI=1S/C22H23ClN6O3S/c1-11(17(30)25-13-8-7-12(10-24)14(23)9-13)33-18-15-16(26-20(27-18)22(2,3)4)28(5)21(32)29(6)19(15)31/h7-9,11H,1-6H3,(H,25,30). The van der Waals surface area contributed by atoms with E-state index in [1.807, 2.05) is 26.8 Å². The van der Waals surface area contributed by atoms with Gasteiger partial charge in [0.15, 0.2) is 5.65 Å². The molecule has 0 fully saturated rings. The van der Waals surface area contributed by atoms with Crippen molar-refractivity contribution in [2.75, 3.05) is 5.32 Å². The minimum atomic E-state index is -0.646. The first-order chi connectivity index (χ1) is 15.3. The van der Waals surface area contributed by atoms with Crippen molar-refractivity contribution in [1.82, 2.24) is 19.1 Å². The van der Waals surface area contributed by atoms with E-state index in [0.717, 1.165) is 16.3 Å². The molecule has 0 bridgehead atoms. The maximum Gasteiger partial charge on any atom is 0.332 e. The Morgan fingerprint density at radius 3 is 2.45 bits per heavy atom. The normalized spacial score (nSPS) is 12.4. The highest BCUT2D eigenvalue weighted by atomic mass is 35.5. The molecule has 0 aliphatic carbocycles. The van der Waals surface area contributed by atoms with Gasteiger partial charge in [0.25, 0.3) is 5.56 Å². The summed E-state index contributed by atoms with van der Waals surface area (Å²) in [4.78, 5) is 47.3. The van der Waals surface area contributed by atoms with Crippen LogP contribution in [0, 0.1) is 11.3 Å². The number of nitrogens with zero attached hydrogens (tertiary/aromatic N) is 5. The quantitative estimate of drug-likeness (QED) is 0.444. The van der Waals surface area contributed by atoms with Crippen LogP contribution in [0.5, 0.6) is 0 Å². The summed E-state index contributed by atoms with van der Waals surface area (Å²) in [6.45, 7) is 7.45. The van der Waals surface area contributed by atoms with Gasteiger partial charge in [-0.15, -0.1) is 0 Å². The first kappa shape index (κ1) is 24.5. The van der Waals surface area contributed by atoms with Crippen LogP contribution >= 0.6 is 23.4 Å². The number of rotatable bonds is 4. The topological polar surface area (TPSA) is 123 Å². The van der Waals surface area contributed by atoms with Crippen molar-refractivity contribution in [3.8, 4) is 6.07 Å². The van der Waals surface area contributed by atoms with Gasteiger partial charge in [0.1, 0.15) is 22.3 Å². The Morgan fingerprint density at radius 1 is 1.21 bits per heavy atom. The zero-order valence-corrected chi connectivity index (χ0v) is 20.6. The number of halogens is 1. The molecule has 3 rings (SSSR count). The van der Waals surface area contributed by atoms with Crippen molar-refractivity contribution < 1.29 is 4.79 Å². The number of hydrogen-bond acceptors (Lipinski definition) is 7. The van der Waals surface area contributed by atoms with Crippen LogP contribution in [0.1, 0.15) is 39.1 Å². The van der Waals surface area contributed by atoms with Gasteiger partial charge in [-0.1, -0.05) is 44.1 Å². The highest BCUT2D eigenvalue weighted by Crippen LogP contribution is 2.30. The summed E-state index contributed by atoms with van der Waals surface area (Å²) in [6, 6.07) is 6.57. The Hall–Kier alpha value is -3.16. The first-order valence-electron chi connectivity index (χ1n) is 10.0. The molecule has 0 radical (unpaired) electrons. The fourth-order valence-corrected chi connectivity index (χ4v) is 4.16. The van der Waals surface area contributed by atoms with Crippen LogP contribution in [0.3, 0.4) is 0 Å². The van der Waals surface area contributed by atoms with E-state index in [-0.39, 0.29) is 22.0 Å². The number of aryl methyl sites for hydroxylation is 1. The van der Waals surface area contributed by atoms with E-state index in [2.05, 4.69) is 15.3 Å². The van der Waals surface area contributed by atoms with Crippen molar-refractivity contribution >= 4 is 46.0 Å². The molecular weight excluding hydrogens is 464 g/mol. The van der Waals surface area contributed by atoms with Gasteiger partial charge in [0, 0.05) is 25.2 Å². The molecule has 0 saturated heterocycles. The number of thioether (sulfide) groups is 1. The molecule has 1 atom stereocenters. The van der Waals surface area contributed by atoms with Crippen molar-refractivity contribution in [1.29, 1.82) is 5.26 Å². The van der Waals surface area contributed by atoms with E-state index in [4.69, 9.17) is 16.9 Å². The van der Waals surface area contributed by atoms with Gasteiger partial charge in [-0.25, -0.2) is 14.8 Å². The summed E-state index contributed by atoms with van der Waals surface area (Å²) >= 11 is 7.15. The van der Waals surface area contributed by atoms with Crippen LogP contribution in [-0.4, -0.2) is 30.3 Å². The van der Waals surface area contributed by atoms with E-state index in [1.54, 1.807) is 20.0 Å². The van der Waals surface area contributed by atoms with Gasteiger partial charge >= 0.3 is 5.69 Å². The Balaban J connectivity index is 2.04. The van der Waals surface area contributed by atoms with Crippen LogP contribution in [-0.2, 0) is 24.3 Å². The molecular formula is C22H23ClN6O3S. The molecule has 3 aromatic rings. The number of amides is 1. The lowest BCUT2D eigenvalue weighted by Gasteiger charge is -2.20. The van der Waals surface area contributed by atoms with Gasteiger partial charge in [-0.3, -0.25) is 18.7 Å². The lowest BCUT2D eigenvalue weighted by molar-refractivity contribution is -0.115. The molecule has 172 valence electrons. The predicted molar refractivity (Wildman–Crippen MR) is 129 cm³/mol. The van der Waals surface area contributed by atoms with Gasteiger partial charge in [-0.2, -0.15) is 5.26 Å². The molecule has 0 spiro atoms. The van der Waals surface area contributed by atoms with Crippen molar-refractivity contribution in [2.24, 2.45) is 14.1 Å². The number of carbonyl (C=O) groups is 1. The van der Waals surface area contributed by atoms with Gasteiger partial charge in [-0.05, 0) is 25.1 Å². The monoisotopic (exact) mass is 486 g/mol. The molecule has 2 heterocycles. The number of carbonyl (C=O) groups excluding carboxylic acids is 1. The van der Waals surface area contributed by atoms with Crippen LogP contribution in [0.2, 0.25) is 5.02 Å². The molecule has 9 nitrogen and oxygen atoms in total. The molecule has 33 heavy (non-hydrogen) atoms. The van der Waals surface area contributed by atoms with Gasteiger partial charge in [0.05, 0.1) is 15.8 Å². The van der Waals surface area contributed by atoms with Crippen LogP contribution < -0.4 is 16.6 Å². The number of aromatic nitrogens is 4. The van der Waals surface area contributed by atoms with E-state index in [0.29, 0.717) is 22.1 Å². The fraction of sp³-hybridized carbons (Fsp3) is 0.364. The largest absolute Gasteiger partial charge is 0.332 e. The predicted octanol–water partition coefficient (Wildman–Crippen LogP) is 2.97. The molecule has 0 saturated carbocycles. The van der Waals surface area contributed by atoms with Gasteiger partial charge < -0.3 is 5.32 Å². The Kier molecular flexibility index (Phi) is 6.68. The number of hydrogen-bond donors (Lipinski definition) is 1. The first-order valence-corrected chi connectivity index (χ1v) is 11.3. The Morgan fingerprint density at radius 2 is 1.88 bits per heavy atom. The second-order valence-corrected chi connectivity index (χ2v) is 10.3. The summed E-state index contributed by atoms with van der Waals surface area (Å²) < 4.78 is 2.30. The SMILES string of the molecule is CC(Sc1nc(C(C)(C)C)nc2c1c(=O)n(C)c(=O)n2C)C(=O)Nc1ccc(C#N)c(Cl)c1. The Bertz CT molecular complexity index is 1430. The number of nitrogens with one attached hydrogen (secondary N) is 1. The highest BCUT2D eigenvalue weighted by Gasteiger charge is 2.26. The molecule has 1 amide bonds. The molecule has 2 aromatic heterocycles. The highest BCUT2D eigenvalue weighted by molar-refractivity contribution is 8.00. The molecule has 1 aromatic carbocycles. The van der Waals surface area contributed by atoms with E-state index < -0.39 is 21.9 Å². The number of fused-ring (bicyclic) bond motifs is 1. The minimum absolute atomic E-state index is 0.179. The second kappa shape index (κ2) is 9.00. The lowest BCUT2D eigenvalue weighted by atomic mass is 9.96. The summed E-state index contributed by atoms with van der Waals surface area (Å²) in [5.74, 6) is 0.110. The van der Waals surface area contributed by atoms with Crippen LogP contribution in [0.15, 0.2) is 32.8 Å². The zero-order chi connectivity index (χ0) is 24.7. The van der Waals surface area contributed by atoms with Gasteiger partial charge in [0.2, 0.25) is 5.91 Å². The maximum atomic E-state index is 12.9. The zero-order valence-electron chi connectivity index (χ0n) is 19.1. The smallest absolute Gasteiger partial charge is 0.325 e. The van der Waals surface area contributed by atoms with E-state index in [9.17, 15) is 14.4 Å². The minimum Gasteiger partial charge on any atom is -0.325 e. The number of benzene rings is 1. The average Bonchev–Trinajstić information content (AvgIpc) is 2.75. The summed E-state index contributed by atoms with van der Waals surface area (Å²) in [5, 5.41) is 11.8. The van der Waals surface area contributed by atoms with E-state index >= 15 is 0 Å². The number of anilines is 1. The van der Waals surface area contributed by atoms with E-state index in [1.165, 1.54) is 23.7 Å².